The lowest BCUT2D eigenvalue weighted by atomic mass is 9.96. The van der Waals surface area contributed by atoms with Gasteiger partial charge in [-0.3, -0.25) is 14.4 Å². The molecule has 7 nitrogen and oxygen atoms in total. The van der Waals surface area contributed by atoms with Gasteiger partial charge < -0.3 is 19.3 Å². The molecule has 0 aromatic carbocycles. The van der Waals surface area contributed by atoms with E-state index in [1.165, 1.54) is 238 Å². The second-order valence-corrected chi connectivity index (χ2v) is 23.1. The topological polar surface area (TPSA) is 76.2 Å². The maximum atomic E-state index is 14.4. The van der Waals surface area contributed by atoms with E-state index in [1.807, 2.05) is 0 Å². The third-order valence-corrected chi connectivity index (χ3v) is 15.9. The number of unbranched alkanes of at least 4 members (excludes halogenated alkanes) is 28. The predicted octanol–water partition coefficient (Wildman–Crippen LogP) is 20.3. The highest BCUT2D eigenvalue weighted by atomic mass is 16.5. The van der Waals surface area contributed by atoms with Crippen LogP contribution in [0.1, 0.15) is 350 Å². The summed E-state index contributed by atoms with van der Waals surface area (Å²) in [5, 5.41) is 0. The Morgan fingerprint density at radius 1 is 0.301 bits per heavy atom. The quantitative estimate of drug-likeness (QED) is 0.0446. The number of ether oxygens (including phenoxy) is 2. The Hall–Kier alpha value is -1.63. The molecule has 434 valence electrons. The summed E-state index contributed by atoms with van der Waals surface area (Å²) in [5.74, 6) is 1.45. The van der Waals surface area contributed by atoms with Gasteiger partial charge in [0.2, 0.25) is 5.91 Å². The number of carbonyl (C=O) groups is 3. The molecule has 0 aliphatic carbocycles. The number of nitrogens with zero attached hydrogens (tertiary/aromatic N) is 2. The summed E-state index contributed by atoms with van der Waals surface area (Å²) >= 11 is 0. The van der Waals surface area contributed by atoms with Crippen LogP contribution < -0.4 is 0 Å². The van der Waals surface area contributed by atoms with Crippen molar-refractivity contribution in [1.29, 1.82) is 0 Å². The lowest BCUT2D eigenvalue weighted by Crippen LogP contribution is -2.41. The third kappa shape index (κ3) is 47.3. The average Bonchev–Trinajstić information content (AvgIpc) is 3.39. The van der Waals surface area contributed by atoms with E-state index < -0.39 is 0 Å². The van der Waals surface area contributed by atoms with Crippen molar-refractivity contribution in [3.63, 3.8) is 0 Å². The fraction of sp³-hybridized carbons (Fsp3) is 0.955. The third-order valence-electron chi connectivity index (χ3n) is 15.9. The summed E-state index contributed by atoms with van der Waals surface area (Å²) in [4.78, 5) is 44.8. The van der Waals surface area contributed by atoms with Gasteiger partial charge in [-0.05, 0) is 115 Å². The van der Waals surface area contributed by atoms with Crippen LogP contribution in [0.4, 0.5) is 0 Å². The summed E-state index contributed by atoms with van der Waals surface area (Å²) in [5.41, 5.74) is 0. The summed E-state index contributed by atoms with van der Waals surface area (Å²) in [7, 11) is 0. The highest BCUT2D eigenvalue weighted by Gasteiger charge is 2.23. The van der Waals surface area contributed by atoms with Gasteiger partial charge in [-0.2, -0.15) is 0 Å². The van der Waals surface area contributed by atoms with Gasteiger partial charge in [0.1, 0.15) is 0 Å². The first-order valence-corrected chi connectivity index (χ1v) is 33.1. The molecule has 0 heterocycles. The van der Waals surface area contributed by atoms with Crippen LogP contribution in [0, 0.1) is 11.8 Å². The molecule has 0 rings (SSSR count). The number of esters is 2. The second-order valence-electron chi connectivity index (χ2n) is 23.1. The normalized spacial score (nSPS) is 12.9. The lowest BCUT2D eigenvalue weighted by Gasteiger charge is -2.33. The van der Waals surface area contributed by atoms with Crippen molar-refractivity contribution in [2.45, 2.75) is 356 Å². The van der Waals surface area contributed by atoms with Gasteiger partial charge >= 0.3 is 11.9 Å². The molecule has 2 atom stereocenters. The molecule has 0 spiro atoms. The Labute approximate surface area is 457 Å². The van der Waals surface area contributed by atoms with Crippen molar-refractivity contribution in [2.24, 2.45) is 11.8 Å². The molecular weight excluding hydrogens is 901 g/mol. The van der Waals surface area contributed by atoms with E-state index in [-0.39, 0.29) is 11.9 Å². The Morgan fingerprint density at radius 3 is 1.03 bits per heavy atom. The maximum Gasteiger partial charge on any atom is 0.305 e. The van der Waals surface area contributed by atoms with E-state index in [4.69, 9.17) is 9.47 Å². The van der Waals surface area contributed by atoms with E-state index in [1.54, 1.807) is 0 Å². The highest BCUT2D eigenvalue weighted by molar-refractivity contribution is 5.76. The van der Waals surface area contributed by atoms with Crippen LogP contribution in [0.15, 0.2) is 0 Å². The van der Waals surface area contributed by atoms with Crippen molar-refractivity contribution in [3.05, 3.63) is 0 Å². The monoisotopic (exact) mass is 1030 g/mol. The Kier molecular flexibility index (Phi) is 55.3. The van der Waals surface area contributed by atoms with Crippen LogP contribution in [0.2, 0.25) is 0 Å². The van der Waals surface area contributed by atoms with E-state index >= 15 is 0 Å². The molecule has 73 heavy (non-hydrogen) atoms. The van der Waals surface area contributed by atoms with Crippen LogP contribution >= 0.6 is 0 Å². The number of hydrogen-bond acceptors (Lipinski definition) is 6. The smallest absolute Gasteiger partial charge is 0.305 e. The minimum absolute atomic E-state index is 0.000900. The molecule has 0 saturated carbocycles. The highest BCUT2D eigenvalue weighted by Crippen LogP contribution is 2.24. The van der Waals surface area contributed by atoms with Gasteiger partial charge in [0, 0.05) is 31.8 Å². The van der Waals surface area contributed by atoms with Gasteiger partial charge in [0.05, 0.1) is 13.2 Å². The lowest BCUT2D eigenvalue weighted by molar-refractivity contribution is -0.146. The summed E-state index contributed by atoms with van der Waals surface area (Å²) < 4.78 is 11.6. The minimum Gasteiger partial charge on any atom is -0.465 e. The molecular formula is C66H130N2O5. The Bertz CT molecular complexity index is 1100. The molecule has 0 bridgehead atoms. The zero-order valence-electron chi connectivity index (χ0n) is 50.6. The molecule has 0 aliphatic heterocycles. The number of amides is 1. The van der Waals surface area contributed by atoms with Gasteiger partial charge in [-0.25, -0.2) is 0 Å². The van der Waals surface area contributed by atoms with Gasteiger partial charge in [-0.1, -0.05) is 248 Å². The number of carbonyl (C=O) groups excluding carboxylic acids is 3. The largest absolute Gasteiger partial charge is 0.465 e. The van der Waals surface area contributed by atoms with Crippen LogP contribution in [0.5, 0.6) is 0 Å². The van der Waals surface area contributed by atoms with Crippen molar-refractivity contribution < 1.29 is 23.9 Å². The average molecular weight is 1030 g/mol. The summed E-state index contributed by atoms with van der Waals surface area (Å²) in [6, 6.07) is 0.327. The van der Waals surface area contributed by atoms with E-state index in [0.29, 0.717) is 56.3 Å². The van der Waals surface area contributed by atoms with Crippen LogP contribution in [0.3, 0.4) is 0 Å². The summed E-state index contributed by atoms with van der Waals surface area (Å²) in [6.45, 7) is 21.5. The molecule has 2 unspecified atom stereocenters. The van der Waals surface area contributed by atoms with E-state index in [9.17, 15) is 14.4 Å². The van der Waals surface area contributed by atoms with Crippen molar-refractivity contribution in [3.8, 4) is 0 Å². The maximum absolute atomic E-state index is 14.4. The van der Waals surface area contributed by atoms with E-state index in [0.717, 1.165) is 70.9 Å². The van der Waals surface area contributed by atoms with E-state index in [2.05, 4.69) is 58.3 Å². The Balaban J connectivity index is 5.40. The molecule has 0 radical (unpaired) electrons. The van der Waals surface area contributed by atoms with Crippen molar-refractivity contribution >= 4 is 17.8 Å². The molecule has 7 heteroatoms. The Morgan fingerprint density at radius 2 is 0.603 bits per heavy atom. The second kappa shape index (κ2) is 56.6. The number of rotatable bonds is 59. The van der Waals surface area contributed by atoms with Gasteiger partial charge in [-0.15, -0.1) is 0 Å². The first-order chi connectivity index (χ1) is 35.8. The molecule has 0 aliphatic rings. The van der Waals surface area contributed by atoms with Crippen LogP contribution in [-0.2, 0) is 23.9 Å². The molecule has 0 saturated heterocycles. The fourth-order valence-electron chi connectivity index (χ4n) is 10.8. The SMILES string of the molecule is CCCCCCCCCCN(C(=O)CCCCN(CCCC)CCCC)C(CCCCCCCCC(=O)OCC(CCCC)CCCCCC)CCCCCCCCC(=O)OCC(CCCC)CCCCCC. The van der Waals surface area contributed by atoms with Gasteiger partial charge in [0.15, 0.2) is 0 Å². The molecule has 0 aromatic heterocycles. The van der Waals surface area contributed by atoms with Crippen molar-refractivity contribution in [2.75, 3.05) is 39.4 Å². The first-order valence-electron chi connectivity index (χ1n) is 33.1. The van der Waals surface area contributed by atoms with Crippen molar-refractivity contribution in [1.82, 2.24) is 9.80 Å². The van der Waals surface area contributed by atoms with Gasteiger partial charge in [0.25, 0.3) is 0 Å². The van der Waals surface area contributed by atoms with Crippen LogP contribution in [-0.4, -0.2) is 73.1 Å². The zero-order valence-corrected chi connectivity index (χ0v) is 50.6. The number of hydrogen-bond donors (Lipinski definition) is 0. The summed E-state index contributed by atoms with van der Waals surface area (Å²) in [6.07, 6.45) is 54.7. The minimum atomic E-state index is -0.000900. The first kappa shape index (κ1) is 71.4. The zero-order chi connectivity index (χ0) is 53.5. The molecule has 1 amide bonds. The van der Waals surface area contributed by atoms with Crippen LogP contribution in [0.25, 0.3) is 0 Å². The molecule has 0 N–H and O–H groups in total. The molecule has 0 aromatic rings. The standard InChI is InChI=1S/C66H130N2O5/c1-8-15-22-25-26-31-36-44-58-68(64(69)52-43-45-57-67(55-20-13-6)56-21-14-7)63(50-39-32-27-29-34-41-53-65(70)72-59-61(46-18-11-4)48-37-23-16-9-2)51-40-33-28-30-35-42-54-66(71)73-60-62(47-19-12-5)49-38-24-17-10-3/h61-63H,8-60H2,1-7H3. The predicted molar refractivity (Wildman–Crippen MR) is 318 cm³/mol. The molecule has 0 fully saturated rings. The fourth-order valence-corrected chi connectivity index (χ4v) is 10.8.